The molecule has 0 bridgehead atoms. The van der Waals surface area contributed by atoms with Gasteiger partial charge in [-0.2, -0.15) is 0 Å². The summed E-state index contributed by atoms with van der Waals surface area (Å²) in [5.41, 5.74) is -0.144. The topological polar surface area (TPSA) is 69.6 Å². The zero-order valence-corrected chi connectivity index (χ0v) is 14.7. The zero-order chi connectivity index (χ0) is 16.9. The second kappa shape index (κ2) is 7.93. The van der Waals surface area contributed by atoms with Crippen LogP contribution in [0.1, 0.15) is 38.0 Å². The standard InChI is InChI=1S/C17H26N2O3S/c1-17(2,7-9-20)12-18-16(22)14-6-3-8-19(14)15(21)11-13-5-4-10-23-13/h4-5,10,14,20H,3,6-9,11-12H2,1-2H3,(H,18,22). The fourth-order valence-corrected chi connectivity index (χ4v) is 3.53. The molecule has 2 amide bonds. The Balaban J connectivity index is 1.90. The van der Waals surface area contributed by atoms with Gasteiger partial charge in [0.15, 0.2) is 0 Å². The second-order valence-electron chi connectivity index (χ2n) is 6.86. The number of rotatable bonds is 7. The molecular weight excluding hydrogens is 312 g/mol. The summed E-state index contributed by atoms with van der Waals surface area (Å²) in [6, 6.07) is 3.53. The summed E-state index contributed by atoms with van der Waals surface area (Å²) in [6.45, 7) is 5.30. The van der Waals surface area contributed by atoms with E-state index in [-0.39, 0.29) is 29.9 Å². The summed E-state index contributed by atoms with van der Waals surface area (Å²) < 4.78 is 0. The molecule has 0 saturated carbocycles. The van der Waals surface area contributed by atoms with Gasteiger partial charge < -0.3 is 15.3 Å². The zero-order valence-electron chi connectivity index (χ0n) is 13.9. The van der Waals surface area contributed by atoms with E-state index in [2.05, 4.69) is 5.32 Å². The van der Waals surface area contributed by atoms with Crippen LogP contribution in [-0.2, 0) is 16.0 Å². The van der Waals surface area contributed by atoms with Gasteiger partial charge in [-0.15, -0.1) is 11.3 Å². The quantitative estimate of drug-likeness (QED) is 0.796. The van der Waals surface area contributed by atoms with E-state index in [1.54, 1.807) is 16.2 Å². The number of hydrogen-bond donors (Lipinski definition) is 2. The molecule has 23 heavy (non-hydrogen) atoms. The highest BCUT2D eigenvalue weighted by atomic mass is 32.1. The van der Waals surface area contributed by atoms with Crippen molar-refractivity contribution in [2.24, 2.45) is 5.41 Å². The maximum atomic E-state index is 12.5. The molecular formula is C17H26N2O3S. The minimum atomic E-state index is -0.354. The molecule has 5 nitrogen and oxygen atoms in total. The van der Waals surface area contributed by atoms with E-state index < -0.39 is 0 Å². The van der Waals surface area contributed by atoms with Crippen LogP contribution in [-0.4, -0.2) is 47.6 Å². The first kappa shape index (κ1) is 17.9. The number of thiophene rings is 1. The van der Waals surface area contributed by atoms with Crippen LogP contribution in [0.5, 0.6) is 0 Å². The number of carbonyl (C=O) groups is 2. The van der Waals surface area contributed by atoms with Crippen LogP contribution in [0.15, 0.2) is 17.5 Å². The first-order valence-corrected chi connectivity index (χ1v) is 9.01. The molecule has 2 heterocycles. The third-order valence-electron chi connectivity index (χ3n) is 4.31. The summed E-state index contributed by atoms with van der Waals surface area (Å²) in [5, 5.41) is 14.0. The van der Waals surface area contributed by atoms with Crippen molar-refractivity contribution in [3.8, 4) is 0 Å². The Morgan fingerprint density at radius 3 is 2.91 bits per heavy atom. The van der Waals surface area contributed by atoms with Gasteiger partial charge in [0, 0.05) is 24.6 Å². The van der Waals surface area contributed by atoms with Crippen molar-refractivity contribution in [3.05, 3.63) is 22.4 Å². The number of aliphatic hydroxyl groups excluding tert-OH is 1. The normalized spacial score (nSPS) is 18.2. The van der Waals surface area contributed by atoms with Crippen molar-refractivity contribution in [2.75, 3.05) is 19.7 Å². The van der Waals surface area contributed by atoms with Crippen LogP contribution in [0, 0.1) is 5.41 Å². The van der Waals surface area contributed by atoms with Crippen molar-refractivity contribution in [3.63, 3.8) is 0 Å². The van der Waals surface area contributed by atoms with Gasteiger partial charge in [-0.1, -0.05) is 19.9 Å². The van der Waals surface area contributed by atoms with E-state index >= 15 is 0 Å². The van der Waals surface area contributed by atoms with E-state index in [1.807, 2.05) is 31.4 Å². The molecule has 1 aromatic heterocycles. The lowest BCUT2D eigenvalue weighted by Gasteiger charge is -2.27. The molecule has 1 saturated heterocycles. The highest BCUT2D eigenvalue weighted by Gasteiger charge is 2.34. The number of nitrogens with one attached hydrogen (secondary N) is 1. The van der Waals surface area contributed by atoms with Gasteiger partial charge in [0.05, 0.1) is 6.42 Å². The van der Waals surface area contributed by atoms with E-state index in [0.29, 0.717) is 25.9 Å². The summed E-state index contributed by atoms with van der Waals surface area (Å²) in [6.07, 6.45) is 2.60. The molecule has 2 rings (SSSR count). The monoisotopic (exact) mass is 338 g/mol. The van der Waals surface area contributed by atoms with Crippen LogP contribution in [0.3, 0.4) is 0 Å². The lowest BCUT2D eigenvalue weighted by molar-refractivity contribution is -0.138. The first-order valence-electron chi connectivity index (χ1n) is 8.13. The second-order valence-corrected chi connectivity index (χ2v) is 7.89. The first-order chi connectivity index (χ1) is 10.9. The van der Waals surface area contributed by atoms with Crippen molar-refractivity contribution in [1.29, 1.82) is 0 Å². The molecule has 1 aromatic rings. The van der Waals surface area contributed by atoms with Crippen LogP contribution in [0.25, 0.3) is 0 Å². The van der Waals surface area contributed by atoms with Gasteiger partial charge in [0.25, 0.3) is 0 Å². The van der Waals surface area contributed by atoms with Crippen molar-refractivity contribution < 1.29 is 14.7 Å². The molecule has 1 atom stereocenters. The van der Waals surface area contributed by atoms with E-state index in [4.69, 9.17) is 5.11 Å². The molecule has 1 aliphatic rings. The summed E-state index contributed by atoms with van der Waals surface area (Å²) in [7, 11) is 0. The van der Waals surface area contributed by atoms with Gasteiger partial charge >= 0.3 is 0 Å². The molecule has 1 unspecified atom stereocenters. The van der Waals surface area contributed by atoms with Gasteiger partial charge in [-0.3, -0.25) is 9.59 Å². The number of amides is 2. The Bertz CT molecular complexity index is 528. The Hall–Kier alpha value is -1.40. The molecule has 0 radical (unpaired) electrons. The number of likely N-dealkylation sites (tertiary alicyclic amines) is 1. The Morgan fingerprint density at radius 1 is 1.48 bits per heavy atom. The molecule has 1 aliphatic heterocycles. The molecule has 0 aromatic carbocycles. The Labute approximate surface area is 141 Å². The van der Waals surface area contributed by atoms with Crippen molar-refractivity contribution in [2.45, 2.75) is 45.6 Å². The van der Waals surface area contributed by atoms with Crippen molar-refractivity contribution in [1.82, 2.24) is 10.2 Å². The van der Waals surface area contributed by atoms with Crippen molar-refractivity contribution >= 4 is 23.2 Å². The summed E-state index contributed by atoms with van der Waals surface area (Å²) in [4.78, 5) is 27.6. The van der Waals surface area contributed by atoms with Crippen LogP contribution in [0.2, 0.25) is 0 Å². The maximum Gasteiger partial charge on any atom is 0.242 e. The lowest BCUT2D eigenvalue weighted by Crippen LogP contribution is -2.48. The Morgan fingerprint density at radius 2 is 2.26 bits per heavy atom. The SMILES string of the molecule is CC(C)(CCO)CNC(=O)C1CCCN1C(=O)Cc1cccs1. The van der Waals surface area contributed by atoms with Gasteiger partial charge in [-0.25, -0.2) is 0 Å². The average molecular weight is 338 g/mol. The van der Waals surface area contributed by atoms with E-state index in [1.165, 1.54) is 0 Å². The number of carbonyl (C=O) groups excluding carboxylic acids is 2. The summed E-state index contributed by atoms with van der Waals surface area (Å²) in [5.74, 6) is -0.0484. The van der Waals surface area contributed by atoms with E-state index in [0.717, 1.165) is 17.7 Å². The summed E-state index contributed by atoms with van der Waals surface area (Å²) >= 11 is 1.57. The van der Waals surface area contributed by atoms with Crippen LogP contribution < -0.4 is 5.32 Å². The molecule has 2 N–H and O–H groups in total. The third-order valence-corrected chi connectivity index (χ3v) is 5.19. The molecule has 1 fully saturated rings. The number of aliphatic hydroxyl groups is 1. The highest BCUT2D eigenvalue weighted by molar-refractivity contribution is 7.10. The minimum absolute atomic E-state index is 0.0275. The maximum absolute atomic E-state index is 12.5. The fraction of sp³-hybridized carbons (Fsp3) is 0.647. The lowest BCUT2D eigenvalue weighted by atomic mass is 9.89. The number of nitrogens with zero attached hydrogens (tertiary/aromatic N) is 1. The van der Waals surface area contributed by atoms with E-state index in [9.17, 15) is 9.59 Å². The molecule has 0 spiro atoms. The van der Waals surface area contributed by atoms with Gasteiger partial charge in [-0.05, 0) is 36.1 Å². The van der Waals surface area contributed by atoms with Crippen LogP contribution >= 0.6 is 11.3 Å². The predicted molar refractivity (Wildman–Crippen MR) is 91.3 cm³/mol. The molecule has 128 valence electrons. The minimum Gasteiger partial charge on any atom is -0.396 e. The third kappa shape index (κ3) is 5.04. The van der Waals surface area contributed by atoms with Crippen LogP contribution in [0.4, 0.5) is 0 Å². The smallest absolute Gasteiger partial charge is 0.242 e. The fourth-order valence-electron chi connectivity index (χ4n) is 2.84. The predicted octanol–water partition coefficient (Wildman–Crippen LogP) is 1.81. The Kier molecular flexibility index (Phi) is 6.18. The number of hydrogen-bond acceptors (Lipinski definition) is 4. The molecule has 6 heteroatoms. The van der Waals surface area contributed by atoms with Gasteiger partial charge in [0.1, 0.15) is 6.04 Å². The van der Waals surface area contributed by atoms with Gasteiger partial charge in [0.2, 0.25) is 11.8 Å². The molecule has 0 aliphatic carbocycles. The average Bonchev–Trinajstić information content (AvgIpc) is 3.15. The largest absolute Gasteiger partial charge is 0.396 e. The highest BCUT2D eigenvalue weighted by Crippen LogP contribution is 2.22.